The minimum atomic E-state index is -4.19. The van der Waals surface area contributed by atoms with Gasteiger partial charge in [0.15, 0.2) is 10.0 Å². The molecule has 0 fully saturated rings. The number of primary sulfonamides is 1. The Kier molecular flexibility index (Phi) is 4.59. The zero-order valence-corrected chi connectivity index (χ0v) is 13.1. The fourth-order valence-electron chi connectivity index (χ4n) is 1.77. The summed E-state index contributed by atoms with van der Waals surface area (Å²) in [5, 5.41) is 24.4. The number of rotatable bonds is 6. The number of nitro groups is 1. The van der Waals surface area contributed by atoms with Crippen molar-refractivity contribution in [1.29, 1.82) is 0 Å². The lowest BCUT2D eigenvalue weighted by Gasteiger charge is -2.08. The zero-order chi connectivity index (χ0) is 16.3. The monoisotopic (exact) mass is 343 g/mol. The summed E-state index contributed by atoms with van der Waals surface area (Å²) >= 11 is 1.39. The quantitative estimate of drug-likeness (QED) is 0.531. The molecule has 1 aromatic heterocycles. The van der Waals surface area contributed by atoms with Gasteiger partial charge in [0.2, 0.25) is 10.0 Å². The summed E-state index contributed by atoms with van der Waals surface area (Å²) in [6, 6.07) is 3.90. The fraction of sp³-hybridized carbons (Fsp3) is 0.182. The van der Waals surface area contributed by atoms with E-state index < -0.39 is 25.5 Å². The van der Waals surface area contributed by atoms with E-state index >= 15 is 0 Å². The first-order chi connectivity index (χ1) is 10.3. The van der Waals surface area contributed by atoms with Crippen LogP contribution in [-0.4, -0.2) is 25.4 Å². The molecule has 1 aromatic carbocycles. The van der Waals surface area contributed by atoms with Gasteiger partial charge in [0.25, 0.3) is 0 Å². The molecule has 0 atom stereocenters. The van der Waals surface area contributed by atoms with Gasteiger partial charge in [-0.2, -0.15) is 0 Å². The second kappa shape index (κ2) is 6.25. The third-order valence-corrected chi connectivity index (χ3v) is 4.56. The van der Waals surface area contributed by atoms with Crippen molar-refractivity contribution in [2.75, 3.05) is 17.7 Å². The van der Waals surface area contributed by atoms with Crippen molar-refractivity contribution in [2.24, 2.45) is 5.14 Å². The second-order valence-corrected chi connectivity index (χ2v) is 6.59. The van der Waals surface area contributed by atoms with E-state index in [9.17, 15) is 18.5 Å². The molecular formula is C11H13N5O4S2. The molecule has 22 heavy (non-hydrogen) atoms. The minimum absolute atomic E-state index is 0.0653. The smallest absolute Gasteiger partial charge is 0.312 e. The number of nitrogens with one attached hydrogen (secondary N) is 2. The zero-order valence-electron chi connectivity index (χ0n) is 11.4. The highest BCUT2D eigenvalue weighted by molar-refractivity contribution is 7.89. The van der Waals surface area contributed by atoms with E-state index in [0.29, 0.717) is 10.8 Å². The molecule has 0 unspecified atom stereocenters. The molecule has 0 spiro atoms. The van der Waals surface area contributed by atoms with Crippen LogP contribution in [0.15, 0.2) is 28.5 Å². The van der Waals surface area contributed by atoms with Gasteiger partial charge in [0.05, 0.1) is 17.2 Å². The van der Waals surface area contributed by atoms with E-state index in [0.717, 1.165) is 6.07 Å². The van der Waals surface area contributed by atoms with Crippen molar-refractivity contribution in [3.63, 3.8) is 0 Å². The molecule has 4 N–H and O–H groups in total. The first kappa shape index (κ1) is 16.1. The molecule has 0 radical (unpaired) electrons. The van der Waals surface area contributed by atoms with Crippen LogP contribution in [0.1, 0.15) is 5.69 Å². The number of hydrogen-bond acceptors (Lipinski definition) is 8. The molecule has 2 rings (SSSR count). The first-order valence-corrected chi connectivity index (χ1v) is 8.41. The van der Waals surface area contributed by atoms with E-state index in [2.05, 4.69) is 15.6 Å². The highest BCUT2D eigenvalue weighted by atomic mass is 32.2. The maximum Gasteiger partial charge on any atom is 0.312 e. The summed E-state index contributed by atoms with van der Waals surface area (Å²) in [6.45, 7) is 0.215. The van der Waals surface area contributed by atoms with Crippen LogP contribution in [-0.2, 0) is 16.6 Å². The van der Waals surface area contributed by atoms with Crippen LogP contribution in [0.3, 0.4) is 0 Å². The maximum atomic E-state index is 11.5. The van der Waals surface area contributed by atoms with E-state index in [-0.39, 0.29) is 12.2 Å². The number of sulfonamides is 1. The molecule has 0 aliphatic heterocycles. The number of nitrogens with two attached hydrogens (primary N) is 1. The Bertz CT molecular complexity index is 803. The molecule has 11 heteroatoms. The minimum Gasteiger partial charge on any atom is -0.374 e. The summed E-state index contributed by atoms with van der Waals surface area (Å²) in [6.07, 6.45) is 0. The van der Waals surface area contributed by atoms with Gasteiger partial charge in [0.1, 0.15) is 5.69 Å². The summed E-state index contributed by atoms with van der Waals surface area (Å²) in [5.41, 5.74) is 0.161. The Hall–Kier alpha value is -2.24. The Morgan fingerprint density at radius 1 is 1.45 bits per heavy atom. The van der Waals surface area contributed by atoms with E-state index in [1.54, 1.807) is 12.4 Å². The van der Waals surface area contributed by atoms with E-state index in [1.807, 2.05) is 0 Å². The normalized spacial score (nSPS) is 11.2. The van der Waals surface area contributed by atoms with Crippen molar-refractivity contribution >= 4 is 37.9 Å². The van der Waals surface area contributed by atoms with Crippen LogP contribution >= 0.6 is 11.3 Å². The van der Waals surface area contributed by atoms with Gasteiger partial charge in [0, 0.05) is 12.4 Å². The van der Waals surface area contributed by atoms with Crippen LogP contribution in [0.5, 0.6) is 0 Å². The van der Waals surface area contributed by atoms with Crippen molar-refractivity contribution in [3.8, 4) is 0 Å². The Morgan fingerprint density at radius 3 is 2.73 bits per heavy atom. The number of hydrogen-bond donors (Lipinski definition) is 3. The molecule has 0 bridgehead atoms. The topological polar surface area (TPSA) is 140 Å². The molecule has 2 aromatic rings. The van der Waals surface area contributed by atoms with Gasteiger partial charge in [-0.25, -0.2) is 18.5 Å². The van der Waals surface area contributed by atoms with E-state index in [4.69, 9.17) is 5.14 Å². The SMILES string of the molecule is CNc1nc(CNc2cccc(S(N)(=O)=O)c2[N+](=O)[O-])cs1. The van der Waals surface area contributed by atoms with Gasteiger partial charge in [-0.1, -0.05) is 6.07 Å². The number of nitrogens with zero attached hydrogens (tertiary/aromatic N) is 2. The second-order valence-electron chi connectivity index (χ2n) is 4.20. The summed E-state index contributed by atoms with van der Waals surface area (Å²) in [5.74, 6) is 0. The number of nitro benzene ring substituents is 1. The van der Waals surface area contributed by atoms with Crippen LogP contribution in [0.2, 0.25) is 0 Å². The third kappa shape index (κ3) is 3.50. The predicted molar refractivity (Wildman–Crippen MR) is 83.5 cm³/mol. The standard InChI is InChI=1S/C11H13N5O4S2/c1-13-11-15-7(6-21-11)5-14-8-3-2-4-9(22(12,19)20)10(8)16(17)18/h2-4,6,14H,5H2,1H3,(H,13,15)(H2,12,19,20). The number of anilines is 2. The van der Waals surface area contributed by atoms with Crippen LogP contribution < -0.4 is 15.8 Å². The molecule has 0 aliphatic rings. The largest absolute Gasteiger partial charge is 0.374 e. The molecule has 118 valence electrons. The van der Waals surface area contributed by atoms with Crippen molar-refractivity contribution in [3.05, 3.63) is 39.4 Å². The van der Waals surface area contributed by atoms with Gasteiger partial charge in [-0.3, -0.25) is 10.1 Å². The summed E-state index contributed by atoms with van der Waals surface area (Å²) < 4.78 is 22.9. The predicted octanol–water partition coefficient (Wildman–Crippen LogP) is 1.35. The Morgan fingerprint density at radius 2 is 2.18 bits per heavy atom. The van der Waals surface area contributed by atoms with Crippen molar-refractivity contribution < 1.29 is 13.3 Å². The molecule has 0 saturated heterocycles. The van der Waals surface area contributed by atoms with Crippen LogP contribution in [0.4, 0.5) is 16.5 Å². The lowest BCUT2D eigenvalue weighted by Crippen LogP contribution is -2.15. The average Bonchev–Trinajstić information content (AvgIpc) is 2.91. The van der Waals surface area contributed by atoms with Crippen molar-refractivity contribution in [1.82, 2.24) is 4.98 Å². The third-order valence-electron chi connectivity index (χ3n) is 2.71. The lowest BCUT2D eigenvalue weighted by molar-refractivity contribution is -0.386. The number of benzene rings is 1. The molecule has 0 amide bonds. The number of para-hydroxylation sites is 1. The highest BCUT2D eigenvalue weighted by Gasteiger charge is 2.26. The number of thiazole rings is 1. The highest BCUT2D eigenvalue weighted by Crippen LogP contribution is 2.31. The summed E-state index contributed by atoms with van der Waals surface area (Å²) in [4.78, 5) is 14.1. The van der Waals surface area contributed by atoms with E-state index in [1.165, 1.54) is 23.5 Å². The van der Waals surface area contributed by atoms with Gasteiger partial charge in [-0.15, -0.1) is 11.3 Å². The Labute approximate surface area is 130 Å². The van der Waals surface area contributed by atoms with Crippen molar-refractivity contribution in [2.45, 2.75) is 11.4 Å². The lowest BCUT2D eigenvalue weighted by atomic mass is 10.2. The van der Waals surface area contributed by atoms with Gasteiger partial charge in [-0.05, 0) is 12.1 Å². The molecule has 9 nitrogen and oxygen atoms in total. The molecule has 0 aliphatic carbocycles. The molecular weight excluding hydrogens is 330 g/mol. The first-order valence-electron chi connectivity index (χ1n) is 5.99. The average molecular weight is 343 g/mol. The number of aromatic nitrogens is 1. The van der Waals surface area contributed by atoms with Crippen LogP contribution in [0.25, 0.3) is 0 Å². The van der Waals surface area contributed by atoms with Gasteiger partial charge < -0.3 is 10.6 Å². The van der Waals surface area contributed by atoms with Crippen LogP contribution in [0, 0.1) is 10.1 Å². The maximum absolute atomic E-state index is 11.5. The Balaban J connectivity index is 2.32. The fourth-order valence-corrected chi connectivity index (χ4v) is 3.17. The van der Waals surface area contributed by atoms with Gasteiger partial charge >= 0.3 is 5.69 Å². The molecule has 1 heterocycles. The summed E-state index contributed by atoms with van der Waals surface area (Å²) in [7, 11) is -2.46. The molecule has 0 saturated carbocycles.